The molecule has 0 spiro atoms. The van der Waals surface area contributed by atoms with Gasteiger partial charge in [0, 0.05) is 90.4 Å². The van der Waals surface area contributed by atoms with E-state index in [1.165, 1.54) is 23.1 Å². The Bertz CT molecular complexity index is 9200. The molecule has 0 atom stereocenters. The summed E-state index contributed by atoms with van der Waals surface area (Å²) in [5, 5.41) is -1.27. The van der Waals surface area contributed by atoms with Gasteiger partial charge in [-0.25, -0.2) is 0 Å². The Kier molecular flexibility index (Phi) is 9.18. The van der Waals surface area contributed by atoms with Gasteiger partial charge in [0.1, 0.15) is 18.8 Å². The maximum Gasteiger partial charge on any atom is 0.297 e. The molecule has 562 valence electrons. The van der Waals surface area contributed by atoms with Crippen molar-refractivity contribution >= 4 is 159 Å². The van der Waals surface area contributed by atoms with Crippen LogP contribution in [-0.4, -0.2) is 6.71 Å². The molecule has 0 saturated heterocycles. The van der Waals surface area contributed by atoms with Gasteiger partial charge in [0.2, 0.25) is 0 Å². The van der Waals surface area contributed by atoms with E-state index in [1.54, 1.807) is 89.2 Å². The second kappa shape index (κ2) is 29.8. The highest BCUT2D eigenvalue weighted by molar-refractivity contribution is 7.00. The molecule has 0 amide bonds. The smallest absolute Gasteiger partial charge is 0.297 e. The number of hydrogen-bond acceptors (Lipinski definition) is 8. The lowest BCUT2D eigenvalue weighted by atomic mass is 9.35. The minimum absolute atomic E-state index is 0.0269. The molecule has 18 rings (SSSR count). The Morgan fingerprint density at radius 1 is 0.325 bits per heavy atom. The van der Waals surface area contributed by atoms with Crippen LogP contribution in [0.15, 0.2) is 360 Å². The van der Waals surface area contributed by atoms with Gasteiger partial charge in [0.25, 0.3) is 6.71 Å². The zero-order valence-electron chi connectivity index (χ0n) is 116. The summed E-state index contributed by atoms with van der Waals surface area (Å²) in [6.45, 7) is 18.6. The van der Waals surface area contributed by atoms with E-state index in [0.29, 0.717) is 15.4 Å². The molecule has 2 aliphatic heterocycles. The normalized spacial score (nSPS) is 19.1. The molecule has 8 nitrogen and oxygen atoms in total. The van der Waals surface area contributed by atoms with Gasteiger partial charge in [-0.2, -0.15) is 0 Å². The standard InChI is InChI=1S/C52H46BN3O.C52H48ClN3O/c1-51(2,3)35-27-30-47-42(31-35)49-50(57-47)53-43-29-28-41(54(37-19-11-7-12-20-37)38-21-13-8-14-22-38)34-44(43)55(39-23-15-9-16-24-39)45-32-36(52(4,5)6)33-46(48(45)53)56(49)40-25-17-10-18-26-40;1-51(2,3)37-30-31-49-45(32-37)48(36-57-49)56(42-26-17-10-18-27-42)47-34-38(52(4,5)6)33-46(50(47)53)55(41-24-15-9-16-25-41)44-29-19-28-43(35-44)54(39-20-11-7-12-21-39)40-22-13-8-14-23-40/h7-34H,1-6H3;7-36H,1-6H3/i7D,8D,9D,10D,11D,12D,13D,14D,15D,16D,17D,18D,19D,20D,21D,22D,23D,24D,25D,26D,27D,28D,29D,30D,31D,34D;7D,8D,9D,10D,11D,12D,13D,14D,15D,16D,17D,18D,19D,20D,21D,22D,23D,24D,25D,26D,27D,28D,30D,31D,32D,35D,36D. The first-order valence-electron chi connectivity index (χ1n) is 61.8. The third kappa shape index (κ3) is 14.1. The van der Waals surface area contributed by atoms with Gasteiger partial charge in [-0.1, -0.05) is 264 Å². The van der Waals surface area contributed by atoms with Crippen molar-refractivity contribution in [1.29, 1.82) is 0 Å². The van der Waals surface area contributed by atoms with Crippen molar-refractivity contribution in [1.82, 2.24) is 0 Å². The monoisotopic (exact) mass is 1560 g/mol. The number of furan rings is 2. The van der Waals surface area contributed by atoms with Gasteiger partial charge < -0.3 is 38.2 Å². The fraction of sp³-hybridized carbons (Fsp3) is 0.154. The zero-order valence-corrected chi connectivity index (χ0v) is 63.6. The lowest BCUT2D eigenvalue weighted by molar-refractivity contribution is 0.589. The van der Waals surface area contributed by atoms with Crippen LogP contribution in [0.1, 0.15) is 178 Å². The minimum atomic E-state index is -1.72. The van der Waals surface area contributed by atoms with Gasteiger partial charge in [-0.15, -0.1) is 0 Å². The molecule has 0 radical (unpaired) electrons. The largest absolute Gasteiger partial charge is 0.468 e. The highest BCUT2D eigenvalue weighted by atomic mass is 35.5. The van der Waals surface area contributed by atoms with Gasteiger partial charge in [0.05, 0.1) is 105 Å². The minimum Gasteiger partial charge on any atom is -0.468 e. The number of halogens is 1. The molecule has 0 aliphatic carbocycles. The van der Waals surface area contributed by atoms with Crippen molar-refractivity contribution in [3.63, 3.8) is 0 Å². The first-order valence-corrected chi connectivity index (χ1v) is 35.7. The van der Waals surface area contributed by atoms with E-state index < -0.39 is 450 Å². The van der Waals surface area contributed by atoms with Crippen LogP contribution < -0.4 is 46.0 Å². The van der Waals surface area contributed by atoms with Crippen molar-refractivity contribution in [2.24, 2.45) is 0 Å². The Labute approximate surface area is 751 Å². The number of hydrogen-bond donors (Lipinski definition) is 0. The molecule has 10 heteroatoms. The van der Waals surface area contributed by atoms with Crippen molar-refractivity contribution in [3.05, 3.63) is 378 Å². The molecular weight excluding hydrogens is 1410 g/mol. The zero-order chi connectivity index (χ0) is 125. The number of anilines is 18. The van der Waals surface area contributed by atoms with E-state index in [0.717, 1.165) is 20.8 Å². The average Bonchev–Trinajstić information content (AvgIpc) is 1.50. The molecule has 2 aromatic heterocycles. The van der Waals surface area contributed by atoms with E-state index in [1.807, 2.05) is 0 Å². The summed E-state index contributed by atoms with van der Waals surface area (Å²) < 4.78 is 497. The predicted octanol–water partition coefficient (Wildman–Crippen LogP) is 28.7. The molecule has 0 saturated carbocycles. The van der Waals surface area contributed by atoms with E-state index >= 15 is 0 Å². The Hall–Kier alpha value is -12.7. The van der Waals surface area contributed by atoms with Crippen molar-refractivity contribution in [3.8, 4) is 0 Å². The number of nitrogens with zero attached hydrogens (tertiary/aromatic N) is 6. The van der Waals surface area contributed by atoms with Gasteiger partial charge in [0.15, 0.2) is 0 Å². The maximum absolute atomic E-state index is 10.6. The summed E-state index contributed by atoms with van der Waals surface area (Å²) in [7, 11) is 0. The highest BCUT2D eigenvalue weighted by Crippen LogP contribution is 2.54. The van der Waals surface area contributed by atoms with Crippen LogP contribution >= 0.6 is 11.6 Å². The summed E-state index contributed by atoms with van der Waals surface area (Å²) in [5.41, 5.74) is -17.9. The van der Waals surface area contributed by atoms with Gasteiger partial charge in [-0.05, 0) is 230 Å². The van der Waals surface area contributed by atoms with E-state index in [2.05, 4.69) is 0 Å². The van der Waals surface area contributed by atoms with Crippen LogP contribution in [0.2, 0.25) is 5.02 Å². The molecule has 14 aromatic carbocycles. The summed E-state index contributed by atoms with van der Waals surface area (Å²) in [6.07, 6.45) is -0.895. The van der Waals surface area contributed by atoms with Crippen LogP contribution in [0, 0.1) is 0 Å². The van der Waals surface area contributed by atoms with Crippen LogP contribution in [0.5, 0.6) is 0 Å². The van der Waals surface area contributed by atoms with Crippen LogP contribution in [-0.2, 0) is 21.7 Å². The second-order valence-corrected chi connectivity index (χ2v) is 30.4. The van der Waals surface area contributed by atoms with Crippen LogP contribution in [0.25, 0.3) is 21.9 Å². The number of fused-ring (bicyclic) bond motifs is 7. The SMILES string of the molecule is [2H]c1c([2H])c([2H])c(N2c3cc(C(C)(C)C)cc4c3B(c3oc5c([2H])c([2H])c(C(C)(C)C)c([2H])c5c3N4c3c([2H])c([2H])c([2H])c([2H])c3[2H])c3c([2H])c([2H])c(N(c4c([2H])c([2H])c([2H])c([2H])c4[2H])c4c([2H])c([2H])c([2H])c([2H])c4[2H])c([2H])c32)c([2H])c1[2H].[2H]c1cc(N(c2cc(C(C)(C)C)cc(N(c3c([2H])c([2H])c([2H])c([2H])c3[2H])c3c([2H])oc4c([2H])c([2H])c(C(C)(C)C)c([2H])c34)c2Cl)c2c([2H])c([2H])c([2H])c([2H])c2[2H])c([2H])c(N(c2c([2H])c([2H])c([2H])c([2H])c2[2H])c2c([2H])c([2H])c([2H])c([2H])c2[2H])c1[2H]. The Morgan fingerprint density at radius 2 is 0.711 bits per heavy atom. The molecule has 0 bridgehead atoms. The topological polar surface area (TPSA) is 45.7 Å². The van der Waals surface area contributed by atoms with E-state index in [4.69, 9.17) is 61.6 Å². The fourth-order valence-corrected chi connectivity index (χ4v) is 13.2. The van der Waals surface area contributed by atoms with Crippen molar-refractivity contribution < 1.29 is 81.5 Å². The summed E-state index contributed by atoms with van der Waals surface area (Å²) in [6, 6.07) is -41.0. The molecule has 4 heterocycles. The third-order valence-electron chi connectivity index (χ3n) is 18.4. The van der Waals surface area contributed by atoms with Gasteiger partial charge >= 0.3 is 0 Å². The number of rotatable bonds is 14. The first-order chi connectivity index (χ1) is 77.0. The third-order valence-corrected chi connectivity index (χ3v) is 18.8. The van der Waals surface area contributed by atoms with E-state index in [-0.39, 0.29) is 61.7 Å². The molecule has 0 N–H and O–H groups in total. The molecule has 16 aromatic rings. The maximum atomic E-state index is 10.6. The molecule has 2 aliphatic rings. The second-order valence-electron chi connectivity index (χ2n) is 30.0. The van der Waals surface area contributed by atoms with Gasteiger partial charge in [-0.3, -0.25) is 0 Å². The van der Waals surface area contributed by atoms with Crippen molar-refractivity contribution in [2.45, 2.75) is 105 Å². The average molecular weight is 1560 g/mol. The lowest BCUT2D eigenvalue weighted by Crippen LogP contribution is -2.61. The Morgan fingerprint density at radius 3 is 1.18 bits per heavy atom. The predicted molar refractivity (Wildman–Crippen MR) is 485 cm³/mol. The lowest BCUT2D eigenvalue weighted by Gasteiger charge is -2.43. The summed E-state index contributed by atoms with van der Waals surface area (Å²) >= 11 is 7.75. The highest BCUT2D eigenvalue weighted by Gasteiger charge is 2.48. The van der Waals surface area contributed by atoms with Crippen LogP contribution in [0.4, 0.5) is 102 Å². The van der Waals surface area contributed by atoms with E-state index in [9.17, 15) is 31.5 Å². The molecule has 114 heavy (non-hydrogen) atoms. The molecular formula is C104H94BClN6O2. The first kappa shape index (κ1) is 35.1. The quantitative estimate of drug-likeness (QED) is 0.0998. The fourth-order valence-electron chi connectivity index (χ4n) is 12.9. The summed E-state index contributed by atoms with van der Waals surface area (Å²) in [5.74, 6) is 0. The van der Waals surface area contributed by atoms with Crippen molar-refractivity contribution in [2.75, 3.05) is 29.4 Å². The molecule has 0 unspecified atom stereocenters. The summed E-state index contributed by atoms with van der Waals surface area (Å²) in [4.78, 5) is 4.83. The number of para-hydroxylation sites is 8. The Balaban J connectivity index is 0.000000223. The molecule has 0 fully saturated rings. The number of benzene rings is 14. The van der Waals surface area contributed by atoms with Crippen LogP contribution in [0.3, 0.4) is 0 Å².